The van der Waals surface area contributed by atoms with Crippen LogP contribution in [0.4, 0.5) is 5.69 Å². The van der Waals surface area contributed by atoms with Gasteiger partial charge in [-0.1, -0.05) is 19.9 Å². The Morgan fingerprint density at radius 2 is 2.00 bits per heavy atom. The van der Waals surface area contributed by atoms with E-state index in [9.17, 15) is 4.79 Å². The number of methoxy groups -OCH3 is 1. The number of carbonyl (C=O) groups is 1. The molecule has 0 bridgehead atoms. The summed E-state index contributed by atoms with van der Waals surface area (Å²) in [5.74, 6) is 0.205. The normalized spacial score (nSPS) is 12.0. The van der Waals surface area contributed by atoms with Gasteiger partial charge in [-0.15, -0.1) is 6.58 Å². The molecule has 1 N–H and O–H groups in total. The highest BCUT2D eigenvalue weighted by Gasteiger charge is 2.11. The molecule has 18 heavy (non-hydrogen) atoms. The van der Waals surface area contributed by atoms with Crippen molar-refractivity contribution in [1.29, 1.82) is 0 Å². The number of rotatable bonds is 6. The molecule has 0 fully saturated rings. The molecule has 0 radical (unpaired) electrons. The highest BCUT2D eigenvalue weighted by Crippen LogP contribution is 2.16. The molecule has 1 aromatic carbocycles. The second-order valence-corrected chi connectivity index (χ2v) is 4.59. The maximum Gasteiger partial charge on any atom is 0.337 e. The van der Waals surface area contributed by atoms with Crippen molar-refractivity contribution in [2.75, 3.05) is 12.4 Å². The Hall–Kier alpha value is -1.77. The summed E-state index contributed by atoms with van der Waals surface area (Å²) in [6.07, 6.45) is 2.83. The minimum Gasteiger partial charge on any atom is -0.465 e. The molecule has 98 valence electrons. The summed E-state index contributed by atoms with van der Waals surface area (Å²) in [6, 6.07) is 7.67. The van der Waals surface area contributed by atoms with E-state index in [4.69, 9.17) is 0 Å². The summed E-state index contributed by atoms with van der Waals surface area (Å²) in [4.78, 5) is 11.3. The highest BCUT2D eigenvalue weighted by molar-refractivity contribution is 5.89. The van der Waals surface area contributed by atoms with Gasteiger partial charge in [-0.05, 0) is 36.6 Å². The van der Waals surface area contributed by atoms with Crippen molar-refractivity contribution < 1.29 is 9.53 Å². The molecule has 0 aliphatic rings. The van der Waals surface area contributed by atoms with Gasteiger partial charge in [0.05, 0.1) is 12.7 Å². The Labute approximate surface area is 109 Å². The van der Waals surface area contributed by atoms with Crippen LogP contribution in [0, 0.1) is 5.92 Å². The zero-order valence-electron chi connectivity index (χ0n) is 11.3. The van der Waals surface area contributed by atoms with E-state index < -0.39 is 0 Å². The molecule has 0 spiro atoms. The first-order chi connectivity index (χ1) is 8.58. The fourth-order valence-corrected chi connectivity index (χ4v) is 1.71. The van der Waals surface area contributed by atoms with Gasteiger partial charge in [0, 0.05) is 11.7 Å². The van der Waals surface area contributed by atoms with Gasteiger partial charge in [0.2, 0.25) is 0 Å². The molecular weight excluding hydrogens is 226 g/mol. The minimum absolute atomic E-state index is 0.312. The summed E-state index contributed by atoms with van der Waals surface area (Å²) in [6.45, 7) is 8.11. The second-order valence-electron chi connectivity index (χ2n) is 4.59. The molecule has 1 aromatic rings. The number of anilines is 1. The quantitative estimate of drug-likeness (QED) is 0.617. The van der Waals surface area contributed by atoms with E-state index in [1.807, 2.05) is 18.2 Å². The van der Waals surface area contributed by atoms with Crippen LogP contribution < -0.4 is 5.32 Å². The van der Waals surface area contributed by atoms with Crippen molar-refractivity contribution in [2.24, 2.45) is 5.92 Å². The van der Waals surface area contributed by atoms with E-state index in [1.165, 1.54) is 7.11 Å². The van der Waals surface area contributed by atoms with Gasteiger partial charge in [0.15, 0.2) is 0 Å². The predicted octanol–water partition coefficient (Wildman–Crippen LogP) is 3.49. The summed E-state index contributed by atoms with van der Waals surface area (Å²) in [5.41, 5.74) is 1.57. The number of hydrogen-bond acceptors (Lipinski definition) is 3. The molecule has 3 heteroatoms. The highest BCUT2D eigenvalue weighted by atomic mass is 16.5. The number of benzene rings is 1. The van der Waals surface area contributed by atoms with Gasteiger partial charge in [-0.25, -0.2) is 4.79 Å². The average molecular weight is 247 g/mol. The zero-order chi connectivity index (χ0) is 13.5. The van der Waals surface area contributed by atoms with E-state index in [1.54, 1.807) is 12.1 Å². The molecule has 1 unspecified atom stereocenters. The van der Waals surface area contributed by atoms with Crippen LogP contribution in [-0.4, -0.2) is 19.1 Å². The van der Waals surface area contributed by atoms with E-state index >= 15 is 0 Å². The van der Waals surface area contributed by atoms with Crippen LogP contribution in [0.5, 0.6) is 0 Å². The third-order valence-electron chi connectivity index (χ3n) is 2.88. The van der Waals surface area contributed by atoms with Crippen molar-refractivity contribution >= 4 is 11.7 Å². The number of hydrogen-bond donors (Lipinski definition) is 1. The summed E-state index contributed by atoms with van der Waals surface area (Å²) < 4.78 is 4.66. The fraction of sp³-hybridized carbons (Fsp3) is 0.400. The van der Waals surface area contributed by atoms with Crippen LogP contribution in [0.1, 0.15) is 30.6 Å². The minimum atomic E-state index is -0.312. The number of ether oxygens (including phenoxy) is 1. The van der Waals surface area contributed by atoms with E-state index in [-0.39, 0.29) is 5.97 Å². The van der Waals surface area contributed by atoms with Crippen molar-refractivity contribution in [2.45, 2.75) is 26.3 Å². The van der Waals surface area contributed by atoms with E-state index in [0.717, 1.165) is 12.1 Å². The van der Waals surface area contributed by atoms with Gasteiger partial charge in [0.1, 0.15) is 0 Å². The molecule has 0 aliphatic carbocycles. The largest absolute Gasteiger partial charge is 0.465 e. The average Bonchev–Trinajstić information content (AvgIpc) is 2.38. The molecular formula is C15H21NO2. The first-order valence-electron chi connectivity index (χ1n) is 6.14. The monoisotopic (exact) mass is 247 g/mol. The molecule has 0 amide bonds. The van der Waals surface area contributed by atoms with Crippen molar-refractivity contribution in [1.82, 2.24) is 0 Å². The lowest BCUT2D eigenvalue weighted by atomic mass is 10.0. The molecule has 1 rings (SSSR count). The maximum atomic E-state index is 11.3. The lowest BCUT2D eigenvalue weighted by molar-refractivity contribution is 0.0601. The first-order valence-corrected chi connectivity index (χ1v) is 6.14. The number of nitrogens with one attached hydrogen (secondary N) is 1. The van der Waals surface area contributed by atoms with Crippen LogP contribution in [-0.2, 0) is 4.74 Å². The van der Waals surface area contributed by atoms with Crippen molar-refractivity contribution in [3.63, 3.8) is 0 Å². The third kappa shape index (κ3) is 3.91. The summed E-state index contributed by atoms with van der Waals surface area (Å²) in [5, 5.41) is 3.44. The Morgan fingerprint density at radius 3 is 2.44 bits per heavy atom. The standard InChI is InChI=1S/C15H21NO2/c1-5-6-14(11(2)3)16-13-9-7-12(8-10-13)15(17)18-4/h5,7-11,14,16H,1,6H2,2-4H3. The number of carbonyl (C=O) groups excluding carboxylic acids is 1. The van der Waals surface area contributed by atoms with Gasteiger partial charge in [0.25, 0.3) is 0 Å². The third-order valence-corrected chi connectivity index (χ3v) is 2.88. The molecule has 0 aromatic heterocycles. The molecule has 3 nitrogen and oxygen atoms in total. The lowest BCUT2D eigenvalue weighted by Gasteiger charge is -2.22. The molecule has 0 heterocycles. The van der Waals surface area contributed by atoms with Gasteiger partial charge in [-0.2, -0.15) is 0 Å². The van der Waals surface area contributed by atoms with Crippen LogP contribution in [0.2, 0.25) is 0 Å². The zero-order valence-corrected chi connectivity index (χ0v) is 11.3. The van der Waals surface area contributed by atoms with Crippen molar-refractivity contribution in [3.8, 4) is 0 Å². The topological polar surface area (TPSA) is 38.3 Å². The SMILES string of the molecule is C=CCC(Nc1ccc(C(=O)OC)cc1)C(C)C. The maximum absolute atomic E-state index is 11.3. The van der Waals surface area contributed by atoms with E-state index in [0.29, 0.717) is 17.5 Å². The van der Waals surface area contributed by atoms with Crippen LogP contribution in [0.15, 0.2) is 36.9 Å². The Bertz CT molecular complexity index is 395. The lowest BCUT2D eigenvalue weighted by Crippen LogP contribution is -2.24. The molecule has 1 atom stereocenters. The Balaban J connectivity index is 2.72. The fourth-order valence-electron chi connectivity index (χ4n) is 1.71. The van der Waals surface area contributed by atoms with Crippen LogP contribution in [0.3, 0.4) is 0 Å². The van der Waals surface area contributed by atoms with Crippen molar-refractivity contribution in [3.05, 3.63) is 42.5 Å². The molecule has 0 saturated carbocycles. The number of esters is 1. The summed E-state index contributed by atoms with van der Waals surface area (Å²) in [7, 11) is 1.38. The Kier molecular flexibility index (Phi) is 5.43. The second kappa shape index (κ2) is 6.84. The molecule has 0 aliphatic heterocycles. The smallest absolute Gasteiger partial charge is 0.337 e. The summed E-state index contributed by atoms with van der Waals surface area (Å²) >= 11 is 0. The predicted molar refractivity (Wildman–Crippen MR) is 74.8 cm³/mol. The first kappa shape index (κ1) is 14.3. The van der Waals surface area contributed by atoms with Gasteiger partial charge in [-0.3, -0.25) is 0 Å². The van der Waals surface area contributed by atoms with Gasteiger partial charge < -0.3 is 10.1 Å². The Morgan fingerprint density at radius 1 is 1.39 bits per heavy atom. The van der Waals surface area contributed by atoms with Gasteiger partial charge >= 0.3 is 5.97 Å². The van der Waals surface area contributed by atoms with Crippen LogP contribution >= 0.6 is 0 Å². The van der Waals surface area contributed by atoms with E-state index in [2.05, 4.69) is 30.5 Å². The van der Waals surface area contributed by atoms with Crippen LogP contribution in [0.25, 0.3) is 0 Å². The molecule has 0 saturated heterocycles.